The van der Waals surface area contributed by atoms with Crippen LogP contribution < -0.4 is 0 Å². The fourth-order valence-corrected chi connectivity index (χ4v) is 7.04. The summed E-state index contributed by atoms with van der Waals surface area (Å²) in [5.74, 6) is -2.29. The molecule has 11 heteroatoms. The molecule has 0 aromatic heterocycles. The molecule has 47 heavy (non-hydrogen) atoms. The number of aliphatic hydroxyl groups excluding tert-OH is 5. The van der Waals surface area contributed by atoms with Crippen LogP contribution in [0.15, 0.2) is 101 Å². The van der Waals surface area contributed by atoms with E-state index in [4.69, 9.17) is 28.4 Å². The summed E-state index contributed by atoms with van der Waals surface area (Å²) in [4.78, 5) is 0. The predicted molar refractivity (Wildman–Crippen MR) is 179 cm³/mol. The first-order valence-electron chi connectivity index (χ1n) is 15.6. The van der Waals surface area contributed by atoms with Crippen LogP contribution in [0.4, 0.5) is 0 Å². The van der Waals surface area contributed by atoms with Crippen molar-refractivity contribution >= 4 is 0 Å². The molecule has 2 aliphatic rings. The molecule has 0 saturated carbocycles. The van der Waals surface area contributed by atoms with Crippen LogP contribution in [0.2, 0.25) is 0 Å². The molecule has 0 radical (unpaired) electrons. The van der Waals surface area contributed by atoms with Crippen molar-refractivity contribution in [3.05, 3.63) is 101 Å². The first-order valence-corrected chi connectivity index (χ1v) is 15.6. The predicted octanol–water partition coefficient (Wildman–Crippen LogP) is 2.97. The zero-order chi connectivity index (χ0) is 35.4. The summed E-state index contributed by atoms with van der Waals surface area (Å²) in [6, 6.07) is 0. The van der Waals surface area contributed by atoms with Gasteiger partial charge >= 0.3 is 0 Å². The van der Waals surface area contributed by atoms with Crippen molar-refractivity contribution in [1.29, 1.82) is 0 Å². The van der Waals surface area contributed by atoms with Gasteiger partial charge in [-0.25, -0.2) is 0 Å². The molecule has 0 aromatic carbocycles. The van der Waals surface area contributed by atoms with Gasteiger partial charge in [-0.1, -0.05) is 48.6 Å². The van der Waals surface area contributed by atoms with Crippen molar-refractivity contribution in [2.24, 2.45) is 0 Å². The Morgan fingerprint density at radius 2 is 1.17 bits per heavy atom. The Hall–Kier alpha value is -2.52. The third-order valence-corrected chi connectivity index (χ3v) is 8.90. The van der Waals surface area contributed by atoms with Crippen molar-refractivity contribution < 1.29 is 54.0 Å². The second-order valence-corrected chi connectivity index (χ2v) is 11.6. The molecule has 2 aliphatic heterocycles. The van der Waals surface area contributed by atoms with E-state index in [9.17, 15) is 25.5 Å². The van der Waals surface area contributed by atoms with Gasteiger partial charge in [0.15, 0.2) is 11.9 Å². The average molecular weight is 663 g/mol. The Morgan fingerprint density at radius 3 is 1.64 bits per heavy atom. The van der Waals surface area contributed by atoms with Gasteiger partial charge in [0.1, 0.15) is 41.2 Å². The van der Waals surface area contributed by atoms with E-state index in [-0.39, 0.29) is 51.9 Å². The number of aliphatic hydroxyl groups is 5. The molecule has 2 rings (SSSR count). The summed E-state index contributed by atoms with van der Waals surface area (Å²) < 4.78 is 40.3. The lowest BCUT2D eigenvalue weighted by atomic mass is 9.62. The highest BCUT2D eigenvalue weighted by Crippen LogP contribution is 2.66. The molecule has 0 aliphatic carbocycles. The molecule has 5 N–H and O–H groups in total. The molecule has 2 heterocycles. The fourth-order valence-electron chi connectivity index (χ4n) is 7.04. The van der Waals surface area contributed by atoms with Crippen LogP contribution in [-0.2, 0) is 28.4 Å². The van der Waals surface area contributed by atoms with Gasteiger partial charge in [-0.3, -0.25) is 0 Å². The first kappa shape index (κ1) is 40.7. The van der Waals surface area contributed by atoms with Crippen molar-refractivity contribution in [3.63, 3.8) is 0 Å². The molecule has 0 bridgehead atoms. The lowest BCUT2D eigenvalue weighted by molar-refractivity contribution is -0.440. The minimum absolute atomic E-state index is 0.000267. The Kier molecular flexibility index (Phi) is 15.4. The highest BCUT2D eigenvalue weighted by molar-refractivity contribution is 5.34. The number of hydrogen-bond acceptors (Lipinski definition) is 11. The molecule has 264 valence electrons. The topological polar surface area (TPSA) is 157 Å². The van der Waals surface area contributed by atoms with Crippen LogP contribution in [0.3, 0.4) is 0 Å². The monoisotopic (exact) mass is 662 g/mol. The lowest BCUT2D eigenvalue weighted by Crippen LogP contribution is -2.76. The molecule has 0 spiro atoms. The first-order chi connectivity index (χ1) is 22.5. The fraction of sp³-hybridized carbons (Fsp3) is 0.556. The maximum Gasteiger partial charge on any atom is 0.234 e. The zero-order valence-electron chi connectivity index (χ0n) is 27.4. The maximum absolute atomic E-state index is 11.4. The number of rotatable bonds is 24. The second-order valence-electron chi connectivity index (χ2n) is 11.6. The summed E-state index contributed by atoms with van der Waals surface area (Å²) >= 11 is 0. The smallest absolute Gasteiger partial charge is 0.234 e. The van der Waals surface area contributed by atoms with Crippen LogP contribution in [0.1, 0.15) is 32.1 Å². The summed E-state index contributed by atoms with van der Waals surface area (Å²) in [5.41, 5.74) is -6.98. The van der Waals surface area contributed by atoms with Crippen LogP contribution in [0, 0.1) is 0 Å². The number of hydrogen-bond donors (Lipinski definition) is 5. The highest BCUT2D eigenvalue weighted by Gasteiger charge is 2.85. The minimum atomic E-state index is -2.29. The van der Waals surface area contributed by atoms with Crippen molar-refractivity contribution in [2.75, 3.05) is 33.0 Å². The molecule has 0 unspecified atom stereocenters. The molecule has 0 amide bonds. The van der Waals surface area contributed by atoms with Gasteiger partial charge in [0.25, 0.3) is 0 Å². The minimum Gasteiger partial charge on any atom is -0.394 e. The summed E-state index contributed by atoms with van der Waals surface area (Å²) in [6.45, 7) is 29.8. The number of ether oxygens (including phenoxy) is 6. The van der Waals surface area contributed by atoms with Crippen molar-refractivity contribution in [3.8, 4) is 0 Å². The SMILES string of the molecule is C=CCOC(CC=C)(CC=C)[C@@]1(O[C@H]2O[C@H](CO)[C@@H](O)[C@H](O)[C@H]2O)O[C@@](CO)(CC=C)[C@@](CC=C)(OCC=C)[C@]1(CC=C)OCC=C. The molecular weight excluding hydrogens is 608 g/mol. The van der Waals surface area contributed by atoms with E-state index in [1.165, 1.54) is 18.2 Å². The van der Waals surface area contributed by atoms with E-state index < -0.39 is 72.1 Å². The zero-order valence-corrected chi connectivity index (χ0v) is 27.4. The standard InChI is InChI=1S/C36H54O11/c1-9-17-32(18-10-2,42-22-14-6)36(46-31-30(41)29(40)28(39)27(25-37)45-31)35(21-13-5,44-24-16-8)34(20-12-4,43-23-15-7)33(26-38,47-36)19-11-3/h9-16,27-31,37-41H,1-8,17-26H2/t27-,28-,29+,30-,31-,33-,34-,35+,36-/m1/s1. The molecular formula is C36H54O11. The van der Waals surface area contributed by atoms with Gasteiger partial charge in [-0.2, -0.15) is 0 Å². The van der Waals surface area contributed by atoms with E-state index in [0.717, 1.165) is 0 Å². The molecule has 0 aromatic rings. The Bertz CT molecular complexity index is 1100. The molecule has 11 nitrogen and oxygen atoms in total. The van der Waals surface area contributed by atoms with E-state index in [0.29, 0.717) is 0 Å². The largest absolute Gasteiger partial charge is 0.394 e. The van der Waals surface area contributed by atoms with Gasteiger partial charge in [0, 0.05) is 12.8 Å². The maximum atomic E-state index is 11.4. The second kappa shape index (κ2) is 17.8. The van der Waals surface area contributed by atoms with Gasteiger partial charge in [-0.15, -0.1) is 52.6 Å². The molecule has 2 fully saturated rings. The van der Waals surface area contributed by atoms with E-state index in [1.807, 2.05) is 0 Å². The van der Waals surface area contributed by atoms with Gasteiger partial charge in [0.05, 0.1) is 33.0 Å². The Balaban J connectivity index is 3.34. The van der Waals surface area contributed by atoms with E-state index in [2.05, 4.69) is 52.6 Å². The van der Waals surface area contributed by atoms with Gasteiger partial charge in [0.2, 0.25) is 5.79 Å². The normalized spacial score (nSPS) is 35.5. The third-order valence-electron chi connectivity index (χ3n) is 8.90. The summed E-state index contributed by atoms with van der Waals surface area (Å²) in [6.07, 6.45) is 3.83. The quantitative estimate of drug-likeness (QED) is 0.0969. The molecule has 9 atom stereocenters. The highest BCUT2D eigenvalue weighted by atomic mass is 16.8. The molecule has 2 saturated heterocycles. The van der Waals surface area contributed by atoms with E-state index in [1.54, 1.807) is 30.4 Å². The van der Waals surface area contributed by atoms with E-state index >= 15 is 0 Å². The lowest BCUT2D eigenvalue weighted by Gasteiger charge is -2.58. The Morgan fingerprint density at radius 1 is 0.638 bits per heavy atom. The van der Waals surface area contributed by atoms with Crippen molar-refractivity contribution in [2.45, 2.75) is 91.0 Å². The summed E-state index contributed by atoms with van der Waals surface area (Å²) in [7, 11) is 0. The van der Waals surface area contributed by atoms with Crippen LogP contribution in [-0.4, -0.2) is 117 Å². The third kappa shape index (κ3) is 6.85. The Labute approximate surface area is 279 Å². The average Bonchev–Trinajstić information content (AvgIpc) is 3.25. The van der Waals surface area contributed by atoms with Gasteiger partial charge in [-0.05, 0) is 19.3 Å². The van der Waals surface area contributed by atoms with Gasteiger partial charge < -0.3 is 54.0 Å². The van der Waals surface area contributed by atoms with Crippen LogP contribution in [0.25, 0.3) is 0 Å². The summed E-state index contributed by atoms with van der Waals surface area (Å²) in [5, 5.41) is 54.3. The van der Waals surface area contributed by atoms with Crippen LogP contribution >= 0.6 is 0 Å². The van der Waals surface area contributed by atoms with Crippen LogP contribution in [0.5, 0.6) is 0 Å². The van der Waals surface area contributed by atoms with Crippen molar-refractivity contribution in [1.82, 2.24) is 0 Å².